The van der Waals surface area contributed by atoms with E-state index in [0.717, 1.165) is 0 Å². The fourth-order valence-electron chi connectivity index (χ4n) is 1.80. The van der Waals surface area contributed by atoms with Crippen LogP contribution in [0, 0.1) is 0 Å². The highest BCUT2D eigenvalue weighted by molar-refractivity contribution is 5.72. The van der Waals surface area contributed by atoms with Crippen LogP contribution >= 0.6 is 0 Å². The third kappa shape index (κ3) is 6.06. The highest BCUT2D eigenvalue weighted by Gasteiger charge is 2.26. The molecule has 1 aliphatic heterocycles. The minimum Gasteiger partial charge on any atom is -0.461 e. The number of hydrogen-bond acceptors (Lipinski definition) is 5. The van der Waals surface area contributed by atoms with Crippen molar-refractivity contribution >= 4 is 12.1 Å². The number of hydrogen-bond donors (Lipinski definition) is 0. The molecule has 20 heavy (non-hydrogen) atoms. The van der Waals surface area contributed by atoms with Crippen LogP contribution in [0.3, 0.4) is 0 Å². The second kappa shape index (κ2) is 7.28. The first-order chi connectivity index (χ1) is 9.31. The fraction of sp³-hybridized carbons (Fsp3) is 0.714. The van der Waals surface area contributed by atoms with Crippen molar-refractivity contribution in [1.82, 2.24) is 9.80 Å². The molecule has 0 aromatic carbocycles. The molecular weight excluding hydrogens is 260 g/mol. The molecule has 0 aromatic rings. The number of rotatable bonds is 4. The molecule has 1 amide bonds. The molecule has 1 saturated heterocycles. The van der Waals surface area contributed by atoms with Crippen LogP contribution in [0.2, 0.25) is 0 Å². The Labute approximate surface area is 120 Å². The molecule has 1 fully saturated rings. The molecule has 0 saturated carbocycles. The summed E-state index contributed by atoms with van der Waals surface area (Å²) in [6, 6.07) is 0. The summed E-state index contributed by atoms with van der Waals surface area (Å²) in [5.41, 5.74) is -0.483. The molecule has 0 aromatic heterocycles. The summed E-state index contributed by atoms with van der Waals surface area (Å²) < 4.78 is 10.2. The van der Waals surface area contributed by atoms with Crippen LogP contribution < -0.4 is 0 Å². The zero-order valence-corrected chi connectivity index (χ0v) is 12.6. The maximum atomic E-state index is 11.9. The minimum absolute atomic E-state index is 0.233. The fourth-order valence-corrected chi connectivity index (χ4v) is 1.80. The van der Waals surface area contributed by atoms with Crippen LogP contribution in [-0.2, 0) is 14.3 Å². The lowest BCUT2D eigenvalue weighted by atomic mass is 10.2. The number of piperazine rings is 1. The van der Waals surface area contributed by atoms with Crippen molar-refractivity contribution in [3.05, 3.63) is 12.7 Å². The van der Waals surface area contributed by atoms with Crippen LogP contribution in [0.1, 0.15) is 20.8 Å². The molecule has 1 rings (SSSR count). The highest BCUT2D eigenvalue weighted by atomic mass is 16.6. The van der Waals surface area contributed by atoms with Crippen molar-refractivity contribution in [2.75, 3.05) is 39.3 Å². The molecular formula is C14H24N2O4. The molecule has 6 heteroatoms. The van der Waals surface area contributed by atoms with Crippen molar-refractivity contribution in [3.63, 3.8) is 0 Å². The van der Waals surface area contributed by atoms with Gasteiger partial charge in [0.2, 0.25) is 0 Å². The summed E-state index contributed by atoms with van der Waals surface area (Å²) in [6.45, 7) is 11.9. The third-order valence-electron chi connectivity index (χ3n) is 2.74. The van der Waals surface area contributed by atoms with E-state index < -0.39 is 5.60 Å². The van der Waals surface area contributed by atoms with Gasteiger partial charge in [-0.3, -0.25) is 9.69 Å². The number of ether oxygens (including phenoxy) is 2. The zero-order chi connectivity index (χ0) is 15.2. The SMILES string of the molecule is C=CCOC(=O)CN1CCN(C(=O)OC(C)(C)C)CC1. The number of nitrogens with zero attached hydrogens (tertiary/aromatic N) is 2. The Bertz CT molecular complexity index is 355. The van der Waals surface area contributed by atoms with E-state index >= 15 is 0 Å². The van der Waals surface area contributed by atoms with Gasteiger partial charge >= 0.3 is 12.1 Å². The predicted molar refractivity (Wildman–Crippen MR) is 75.4 cm³/mol. The van der Waals surface area contributed by atoms with E-state index in [2.05, 4.69) is 6.58 Å². The predicted octanol–water partition coefficient (Wildman–Crippen LogP) is 1.27. The first-order valence-electron chi connectivity index (χ1n) is 6.78. The largest absolute Gasteiger partial charge is 0.461 e. The third-order valence-corrected chi connectivity index (χ3v) is 2.74. The minimum atomic E-state index is -0.483. The zero-order valence-electron chi connectivity index (χ0n) is 12.6. The number of carbonyl (C=O) groups excluding carboxylic acids is 2. The lowest BCUT2D eigenvalue weighted by Crippen LogP contribution is -2.51. The van der Waals surface area contributed by atoms with Gasteiger partial charge in [0.05, 0.1) is 6.54 Å². The number of esters is 1. The molecule has 0 unspecified atom stereocenters. The lowest BCUT2D eigenvalue weighted by molar-refractivity contribution is -0.144. The van der Waals surface area contributed by atoms with E-state index in [1.807, 2.05) is 25.7 Å². The van der Waals surface area contributed by atoms with E-state index in [4.69, 9.17) is 9.47 Å². The first-order valence-corrected chi connectivity index (χ1v) is 6.78. The standard InChI is InChI=1S/C14H24N2O4/c1-5-10-19-12(17)11-15-6-8-16(9-7-15)13(18)20-14(2,3)4/h5H,1,6-11H2,2-4H3. The molecule has 0 radical (unpaired) electrons. The molecule has 114 valence electrons. The smallest absolute Gasteiger partial charge is 0.410 e. The Morgan fingerprint density at radius 2 is 1.80 bits per heavy atom. The Morgan fingerprint density at radius 1 is 1.20 bits per heavy atom. The summed E-state index contributed by atoms with van der Waals surface area (Å²) in [5, 5.41) is 0. The Kier molecular flexibility index (Phi) is 6.01. The molecule has 0 bridgehead atoms. The average Bonchev–Trinajstić information content (AvgIpc) is 2.35. The van der Waals surface area contributed by atoms with E-state index in [1.165, 1.54) is 0 Å². The first kappa shape index (κ1) is 16.5. The second-order valence-corrected chi connectivity index (χ2v) is 5.72. The quantitative estimate of drug-likeness (QED) is 0.575. The summed E-state index contributed by atoms with van der Waals surface area (Å²) in [7, 11) is 0. The molecule has 1 aliphatic rings. The molecule has 6 nitrogen and oxygen atoms in total. The van der Waals surface area contributed by atoms with Crippen molar-refractivity contribution in [2.45, 2.75) is 26.4 Å². The van der Waals surface area contributed by atoms with E-state index in [-0.39, 0.29) is 25.2 Å². The maximum absolute atomic E-state index is 11.9. The lowest BCUT2D eigenvalue weighted by Gasteiger charge is -2.35. The maximum Gasteiger partial charge on any atom is 0.410 e. The molecule has 1 heterocycles. The van der Waals surface area contributed by atoms with Gasteiger partial charge < -0.3 is 14.4 Å². The van der Waals surface area contributed by atoms with Crippen molar-refractivity contribution in [2.24, 2.45) is 0 Å². The van der Waals surface area contributed by atoms with Gasteiger partial charge in [0, 0.05) is 26.2 Å². The highest BCUT2D eigenvalue weighted by Crippen LogP contribution is 2.11. The van der Waals surface area contributed by atoms with Gasteiger partial charge in [-0.15, -0.1) is 0 Å². The van der Waals surface area contributed by atoms with E-state index in [1.54, 1.807) is 11.0 Å². The molecule has 0 N–H and O–H groups in total. The molecule has 0 spiro atoms. The van der Waals surface area contributed by atoms with Crippen molar-refractivity contribution in [3.8, 4) is 0 Å². The van der Waals surface area contributed by atoms with Gasteiger partial charge in [0.25, 0.3) is 0 Å². The summed E-state index contributed by atoms with van der Waals surface area (Å²) in [4.78, 5) is 27.0. The van der Waals surface area contributed by atoms with E-state index in [0.29, 0.717) is 26.2 Å². The van der Waals surface area contributed by atoms with Crippen LogP contribution in [-0.4, -0.2) is 66.8 Å². The molecule has 0 atom stereocenters. The molecule has 0 aliphatic carbocycles. The van der Waals surface area contributed by atoms with Crippen LogP contribution in [0.5, 0.6) is 0 Å². The van der Waals surface area contributed by atoms with E-state index in [9.17, 15) is 9.59 Å². The second-order valence-electron chi connectivity index (χ2n) is 5.72. The van der Waals surface area contributed by atoms with Gasteiger partial charge in [-0.1, -0.05) is 12.7 Å². The van der Waals surface area contributed by atoms with Gasteiger partial charge in [0.1, 0.15) is 12.2 Å². The topological polar surface area (TPSA) is 59.1 Å². The van der Waals surface area contributed by atoms with Crippen LogP contribution in [0.4, 0.5) is 4.79 Å². The van der Waals surface area contributed by atoms with Crippen molar-refractivity contribution < 1.29 is 19.1 Å². The summed E-state index contributed by atoms with van der Waals surface area (Å²) in [5.74, 6) is -0.268. The number of amides is 1. The van der Waals surface area contributed by atoms with Gasteiger partial charge in [-0.2, -0.15) is 0 Å². The van der Waals surface area contributed by atoms with Gasteiger partial charge in [0.15, 0.2) is 0 Å². The summed E-state index contributed by atoms with van der Waals surface area (Å²) >= 11 is 0. The monoisotopic (exact) mass is 284 g/mol. The normalized spacial score (nSPS) is 16.6. The van der Waals surface area contributed by atoms with Crippen molar-refractivity contribution in [1.29, 1.82) is 0 Å². The van der Waals surface area contributed by atoms with Crippen LogP contribution in [0.25, 0.3) is 0 Å². The number of carbonyl (C=O) groups is 2. The van der Waals surface area contributed by atoms with Gasteiger partial charge in [-0.05, 0) is 20.8 Å². The Morgan fingerprint density at radius 3 is 2.30 bits per heavy atom. The Hall–Kier alpha value is -1.56. The van der Waals surface area contributed by atoms with Gasteiger partial charge in [-0.25, -0.2) is 4.79 Å². The summed E-state index contributed by atoms with van der Waals surface area (Å²) in [6.07, 6.45) is 1.24. The van der Waals surface area contributed by atoms with Crippen LogP contribution in [0.15, 0.2) is 12.7 Å². The Balaban J connectivity index is 2.31. The average molecular weight is 284 g/mol.